The Morgan fingerprint density at radius 1 is 0.632 bits per heavy atom. The van der Waals surface area contributed by atoms with E-state index in [4.69, 9.17) is 9.47 Å². The van der Waals surface area contributed by atoms with E-state index in [2.05, 4.69) is 5.32 Å². The fraction of sp³-hybridized carbons (Fsp3) is 1.00. The summed E-state index contributed by atoms with van der Waals surface area (Å²) in [7, 11) is 0. The molecule has 2 unspecified atom stereocenters. The Morgan fingerprint density at radius 3 is 1.37 bits per heavy atom. The molecule has 112 valence electrons. The summed E-state index contributed by atoms with van der Waals surface area (Å²) in [5.74, 6) is 0. The van der Waals surface area contributed by atoms with Crippen molar-refractivity contribution in [2.75, 3.05) is 13.2 Å². The summed E-state index contributed by atoms with van der Waals surface area (Å²) in [6.45, 7) is -0.381. The molecule has 2 aliphatic rings. The van der Waals surface area contributed by atoms with Crippen LogP contribution in [0.25, 0.3) is 0 Å². The smallest absolute Gasteiger partial charge is 0.139 e. The van der Waals surface area contributed by atoms with Crippen molar-refractivity contribution in [3.05, 3.63) is 0 Å². The van der Waals surface area contributed by atoms with Crippen LogP contribution in [-0.4, -0.2) is 92.9 Å². The second kappa shape index (κ2) is 5.95. The van der Waals surface area contributed by atoms with Crippen molar-refractivity contribution in [2.45, 2.75) is 49.1 Å². The van der Waals surface area contributed by atoms with Gasteiger partial charge in [-0.1, -0.05) is 0 Å². The fourth-order valence-electron chi connectivity index (χ4n) is 2.07. The molecular formula is C10H19NO8. The lowest BCUT2D eigenvalue weighted by Crippen LogP contribution is -2.65. The van der Waals surface area contributed by atoms with Gasteiger partial charge in [0.05, 0.1) is 13.2 Å². The van der Waals surface area contributed by atoms with E-state index in [0.29, 0.717) is 0 Å². The summed E-state index contributed by atoms with van der Waals surface area (Å²) in [4.78, 5) is 0. The monoisotopic (exact) mass is 281 g/mol. The van der Waals surface area contributed by atoms with E-state index < -0.39 is 49.1 Å². The molecule has 0 aliphatic carbocycles. The zero-order valence-corrected chi connectivity index (χ0v) is 10.0. The molecule has 2 saturated heterocycles. The van der Waals surface area contributed by atoms with E-state index >= 15 is 0 Å². The van der Waals surface area contributed by atoms with Crippen LogP contribution in [0.3, 0.4) is 0 Å². The normalized spacial score (nSPS) is 52.1. The SMILES string of the molecule is O[C@H]1[C@H](O)COC(NC2OC[C@@H](O)[C@H](O)[C@H]2O)[C@@H]1O. The van der Waals surface area contributed by atoms with Crippen LogP contribution in [0.1, 0.15) is 0 Å². The molecule has 0 saturated carbocycles. The van der Waals surface area contributed by atoms with E-state index in [1.165, 1.54) is 0 Å². The van der Waals surface area contributed by atoms with Gasteiger partial charge in [-0.05, 0) is 0 Å². The third kappa shape index (κ3) is 3.05. The molecule has 0 amide bonds. The Labute approximate surface area is 109 Å². The minimum atomic E-state index is -1.41. The molecule has 0 aromatic carbocycles. The van der Waals surface area contributed by atoms with Crippen molar-refractivity contribution in [1.29, 1.82) is 0 Å². The molecule has 0 aromatic heterocycles. The highest BCUT2D eigenvalue weighted by Crippen LogP contribution is 2.18. The van der Waals surface area contributed by atoms with Crippen LogP contribution in [0.5, 0.6) is 0 Å². The van der Waals surface area contributed by atoms with Crippen LogP contribution < -0.4 is 5.32 Å². The van der Waals surface area contributed by atoms with Crippen LogP contribution in [0, 0.1) is 0 Å². The van der Waals surface area contributed by atoms with Crippen molar-refractivity contribution in [1.82, 2.24) is 5.32 Å². The van der Waals surface area contributed by atoms with Crippen LogP contribution in [0.15, 0.2) is 0 Å². The first kappa shape index (κ1) is 15.0. The first-order chi connectivity index (χ1) is 8.91. The highest BCUT2D eigenvalue weighted by atomic mass is 16.6. The van der Waals surface area contributed by atoms with E-state index in [1.54, 1.807) is 0 Å². The number of nitrogens with one attached hydrogen (secondary N) is 1. The molecule has 0 radical (unpaired) electrons. The highest BCUT2D eigenvalue weighted by molar-refractivity contribution is 4.90. The first-order valence-corrected chi connectivity index (χ1v) is 5.99. The Kier molecular flexibility index (Phi) is 4.71. The predicted octanol–water partition coefficient (Wildman–Crippen LogP) is -4.55. The Morgan fingerprint density at radius 2 is 1.00 bits per heavy atom. The standard InChI is InChI=1S/C10H19NO8/c12-3-1-18-9(7(16)5(3)14)11-10-8(17)6(15)4(13)2-19-10/h3-17H,1-2H2/t3-,4-,5+,6+,7-,8-,9?,10?/m1/s1. The van der Waals surface area contributed by atoms with E-state index in [-0.39, 0.29) is 13.2 Å². The van der Waals surface area contributed by atoms with Gasteiger partial charge in [0.15, 0.2) is 0 Å². The van der Waals surface area contributed by atoms with Crippen molar-refractivity contribution in [3.63, 3.8) is 0 Å². The summed E-state index contributed by atoms with van der Waals surface area (Å²) in [6.07, 6.45) is -10.1. The molecule has 0 spiro atoms. The first-order valence-electron chi connectivity index (χ1n) is 5.99. The topological polar surface area (TPSA) is 152 Å². The molecule has 2 aliphatic heterocycles. The summed E-state index contributed by atoms with van der Waals surface area (Å²) in [6, 6.07) is 0. The van der Waals surface area contributed by atoms with Gasteiger partial charge in [-0.2, -0.15) is 0 Å². The average molecular weight is 281 g/mol. The third-order valence-electron chi connectivity index (χ3n) is 3.33. The summed E-state index contributed by atoms with van der Waals surface area (Å²) < 4.78 is 10.2. The number of rotatable bonds is 2. The summed E-state index contributed by atoms with van der Waals surface area (Å²) in [5.41, 5.74) is 0. The van der Waals surface area contributed by atoms with Gasteiger partial charge in [0.1, 0.15) is 49.1 Å². The average Bonchev–Trinajstić information content (AvgIpc) is 2.39. The molecule has 7 N–H and O–H groups in total. The second-order valence-electron chi connectivity index (χ2n) is 4.77. The van der Waals surface area contributed by atoms with Gasteiger partial charge >= 0.3 is 0 Å². The minimum absolute atomic E-state index is 0.191. The molecule has 0 bridgehead atoms. The number of hydrogen-bond donors (Lipinski definition) is 7. The van der Waals surface area contributed by atoms with Crippen LogP contribution in [0.2, 0.25) is 0 Å². The van der Waals surface area contributed by atoms with Gasteiger partial charge in [0.2, 0.25) is 0 Å². The number of hydrogen-bond acceptors (Lipinski definition) is 9. The molecule has 2 fully saturated rings. The maximum Gasteiger partial charge on any atom is 0.139 e. The molecule has 9 nitrogen and oxygen atoms in total. The van der Waals surface area contributed by atoms with Crippen molar-refractivity contribution in [3.8, 4) is 0 Å². The molecule has 9 heteroatoms. The number of aliphatic hydroxyl groups excluding tert-OH is 6. The lowest BCUT2D eigenvalue weighted by Gasteiger charge is -2.41. The molecule has 0 aromatic rings. The third-order valence-corrected chi connectivity index (χ3v) is 3.33. The van der Waals surface area contributed by atoms with Gasteiger partial charge in [-0.15, -0.1) is 0 Å². The molecule has 2 heterocycles. The van der Waals surface area contributed by atoms with E-state index in [0.717, 1.165) is 0 Å². The highest BCUT2D eigenvalue weighted by Gasteiger charge is 2.43. The van der Waals surface area contributed by atoms with Gasteiger partial charge in [0.25, 0.3) is 0 Å². The van der Waals surface area contributed by atoms with E-state index in [1.807, 2.05) is 0 Å². The minimum Gasteiger partial charge on any atom is -0.388 e. The van der Waals surface area contributed by atoms with Gasteiger partial charge in [-0.3, -0.25) is 5.32 Å². The summed E-state index contributed by atoms with van der Waals surface area (Å²) in [5, 5.41) is 59.5. The van der Waals surface area contributed by atoms with Crippen LogP contribution >= 0.6 is 0 Å². The number of ether oxygens (including phenoxy) is 2. The largest absolute Gasteiger partial charge is 0.388 e. The fourth-order valence-corrected chi connectivity index (χ4v) is 2.07. The van der Waals surface area contributed by atoms with Crippen molar-refractivity contribution in [2.24, 2.45) is 0 Å². The lowest BCUT2D eigenvalue weighted by atomic mass is 10.0. The van der Waals surface area contributed by atoms with Crippen molar-refractivity contribution < 1.29 is 40.1 Å². The van der Waals surface area contributed by atoms with Crippen molar-refractivity contribution >= 4 is 0 Å². The van der Waals surface area contributed by atoms with Gasteiger partial charge in [0, 0.05) is 0 Å². The quantitative estimate of drug-likeness (QED) is 0.265. The zero-order valence-electron chi connectivity index (χ0n) is 10.0. The van der Waals surface area contributed by atoms with Crippen LogP contribution in [-0.2, 0) is 9.47 Å². The molecular weight excluding hydrogens is 262 g/mol. The van der Waals surface area contributed by atoms with Gasteiger partial charge in [-0.25, -0.2) is 0 Å². The predicted molar refractivity (Wildman–Crippen MR) is 58.7 cm³/mol. The Balaban J connectivity index is 1.94. The van der Waals surface area contributed by atoms with E-state index in [9.17, 15) is 30.6 Å². The van der Waals surface area contributed by atoms with Crippen LogP contribution in [0.4, 0.5) is 0 Å². The summed E-state index contributed by atoms with van der Waals surface area (Å²) >= 11 is 0. The second-order valence-corrected chi connectivity index (χ2v) is 4.77. The Bertz CT molecular complexity index is 277. The van der Waals surface area contributed by atoms with Gasteiger partial charge < -0.3 is 40.1 Å². The molecule has 19 heavy (non-hydrogen) atoms. The number of aliphatic hydroxyl groups is 6. The lowest BCUT2D eigenvalue weighted by molar-refractivity contribution is -0.236. The molecule has 2 rings (SSSR count). The Hall–Kier alpha value is -0.360. The maximum atomic E-state index is 9.70. The zero-order chi connectivity index (χ0) is 14.2. The molecule has 8 atom stereocenters. The maximum absolute atomic E-state index is 9.70.